The normalized spacial score (nSPS) is 18.1. The molecule has 0 spiro atoms. The Morgan fingerprint density at radius 3 is 1.58 bits per heavy atom. The van der Waals surface area contributed by atoms with Crippen LogP contribution in [0.3, 0.4) is 0 Å². The second kappa shape index (κ2) is 16.3. The fraction of sp³-hybridized carbons (Fsp3) is 0.438. The molecule has 8 amide bonds. The first kappa shape index (κ1) is 40.6. The molecule has 0 bridgehead atoms. The van der Waals surface area contributed by atoms with Crippen LogP contribution < -0.4 is 4.72 Å². The number of rotatable bonds is 13. The molecule has 2 unspecified atom stereocenters. The van der Waals surface area contributed by atoms with Crippen LogP contribution in [-0.2, 0) is 40.3 Å². The highest BCUT2D eigenvalue weighted by molar-refractivity contribution is 7.89. The summed E-state index contributed by atoms with van der Waals surface area (Å²) in [4.78, 5) is 76.5. The number of likely N-dealkylation sites (N-methyl/N-ethyl adjacent to an activating group) is 4. The molecule has 2 fully saturated rings. The maximum atomic E-state index is 14.0. The molecule has 2 saturated heterocycles. The Bertz CT molecular complexity index is 2010. The number of sulfonamides is 1. The summed E-state index contributed by atoms with van der Waals surface area (Å²) >= 11 is -2.99. The second-order valence-electron chi connectivity index (χ2n) is 12.8. The summed E-state index contributed by atoms with van der Waals surface area (Å²) in [6, 6.07) is 1.60. The van der Waals surface area contributed by atoms with Crippen LogP contribution in [0.4, 0.5) is 21.0 Å². The SMILES string of the molecule is CC(C)CCCC(C)NS(=O)(=O)c1cc(N=NC2C(=O)N(C)C(=O)N(C)C2=O)ccc1-c1ccc(N=NC2C(=O)N(C)C(=O)N(C)C2=O)cc1S(=O)[O-]. The molecule has 2 aliphatic rings. The lowest BCUT2D eigenvalue weighted by molar-refractivity contribution is -0.144. The number of hydrogen-bond donors (Lipinski definition) is 1. The van der Waals surface area contributed by atoms with Gasteiger partial charge in [-0.3, -0.25) is 43.0 Å². The van der Waals surface area contributed by atoms with Crippen molar-refractivity contribution in [3.63, 3.8) is 0 Å². The van der Waals surface area contributed by atoms with Crippen LogP contribution in [-0.4, -0.2) is 119 Å². The third kappa shape index (κ3) is 8.75. The lowest BCUT2D eigenvalue weighted by atomic mass is 10.0. The molecule has 2 aromatic carbocycles. The third-order valence-electron chi connectivity index (χ3n) is 8.45. The van der Waals surface area contributed by atoms with Crippen molar-refractivity contribution in [3.05, 3.63) is 36.4 Å². The van der Waals surface area contributed by atoms with Crippen molar-refractivity contribution in [2.75, 3.05) is 28.2 Å². The van der Waals surface area contributed by atoms with Crippen molar-refractivity contribution in [1.29, 1.82) is 0 Å². The van der Waals surface area contributed by atoms with Crippen LogP contribution in [0.2, 0.25) is 0 Å². The predicted octanol–water partition coefficient (Wildman–Crippen LogP) is 3.09. The van der Waals surface area contributed by atoms with Gasteiger partial charge in [-0.2, -0.15) is 20.5 Å². The van der Waals surface area contributed by atoms with E-state index in [1.807, 2.05) is 13.8 Å². The zero-order chi connectivity index (χ0) is 39.5. The van der Waals surface area contributed by atoms with E-state index in [4.69, 9.17) is 0 Å². The molecule has 2 atom stereocenters. The van der Waals surface area contributed by atoms with E-state index in [9.17, 15) is 45.9 Å². The number of nitrogens with zero attached hydrogens (tertiary/aromatic N) is 8. The Labute approximate surface area is 307 Å². The Morgan fingerprint density at radius 1 is 0.717 bits per heavy atom. The summed E-state index contributed by atoms with van der Waals surface area (Å²) in [7, 11) is 0.259. The van der Waals surface area contributed by atoms with Crippen LogP contribution in [0.25, 0.3) is 11.1 Å². The van der Waals surface area contributed by atoms with Gasteiger partial charge in [-0.05, 0) is 60.2 Å². The lowest BCUT2D eigenvalue weighted by Gasteiger charge is -2.30. The summed E-state index contributed by atoms with van der Waals surface area (Å²) < 4.78 is 55.6. The van der Waals surface area contributed by atoms with Gasteiger partial charge in [-0.15, -0.1) is 0 Å². The van der Waals surface area contributed by atoms with E-state index < -0.39 is 84.7 Å². The molecule has 2 aliphatic heterocycles. The summed E-state index contributed by atoms with van der Waals surface area (Å²) in [6.07, 6.45) is 2.09. The van der Waals surface area contributed by atoms with E-state index in [0.717, 1.165) is 39.1 Å². The zero-order valence-electron chi connectivity index (χ0n) is 29.9. The topological polar surface area (TPSA) is 251 Å². The molecule has 0 radical (unpaired) electrons. The smallest absolute Gasteiger partial charge is 0.333 e. The summed E-state index contributed by atoms with van der Waals surface area (Å²) in [6.45, 7) is 5.77. The van der Waals surface area contributed by atoms with Gasteiger partial charge in [0.05, 0.1) is 16.3 Å². The minimum atomic E-state index is -4.41. The maximum absolute atomic E-state index is 14.0. The first-order chi connectivity index (χ1) is 24.8. The predicted molar refractivity (Wildman–Crippen MR) is 186 cm³/mol. The van der Waals surface area contributed by atoms with Gasteiger partial charge in [0.25, 0.3) is 23.6 Å². The molecule has 284 valence electrons. The van der Waals surface area contributed by atoms with E-state index in [-0.39, 0.29) is 22.5 Å². The first-order valence-corrected chi connectivity index (χ1v) is 18.7. The Hall–Kier alpha value is -5.12. The number of urea groups is 2. The van der Waals surface area contributed by atoms with Crippen molar-refractivity contribution in [2.45, 2.75) is 68.0 Å². The molecule has 0 saturated carbocycles. The van der Waals surface area contributed by atoms with Crippen LogP contribution in [0, 0.1) is 5.92 Å². The molecule has 2 heterocycles. The van der Waals surface area contributed by atoms with Gasteiger partial charge in [0, 0.05) is 44.7 Å². The van der Waals surface area contributed by atoms with Crippen LogP contribution in [0.5, 0.6) is 0 Å². The quantitative estimate of drug-likeness (QED) is 0.177. The van der Waals surface area contributed by atoms with Gasteiger partial charge >= 0.3 is 12.1 Å². The molecule has 1 N–H and O–H groups in total. The minimum Gasteiger partial charge on any atom is -0.768 e. The van der Waals surface area contributed by atoms with Gasteiger partial charge in [0.15, 0.2) is 0 Å². The van der Waals surface area contributed by atoms with Gasteiger partial charge in [0.2, 0.25) is 22.1 Å². The number of azo groups is 2. The molecule has 19 nitrogen and oxygen atoms in total. The number of nitrogens with one attached hydrogen (secondary N) is 1. The number of barbiturate groups is 2. The molecular formula is C32H38N9O10S2-. The molecule has 21 heteroatoms. The molecule has 0 aromatic heterocycles. The van der Waals surface area contributed by atoms with Crippen molar-refractivity contribution >= 4 is 68.2 Å². The number of benzene rings is 2. The number of hydrogen-bond acceptors (Lipinski definition) is 14. The minimum absolute atomic E-state index is 0.0807. The number of carbonyl (C=O) groups excluding carboxylic acids is 6. The van der Waals surface area contributed by atoms with Crippen molar-refractivity contribution in [2.24, 2.45) is 26.4 Å². The van der Waals surface area contributed by atoms with Crippen LogP contribution in [0.15, 0.2) is 66.6 Å². The van der Waals surface area contributed by atoms with Crippen LogP contribution in [0.1, 0.15) is 40.0 Å². The fourth-order valence-corrected chi connectivity index (χ4v) is 7.48. The Morgan fingerprint density at radius 2 is 1.15 bits per heavy atom. The molecule has 53 heavy (non-hydrogen) atoms. The average Bonchev–Trinajstić information content (AvgIpc) is 3.11. The third-order valence-corrected chi connectivity index (χ3v) is 10.8. The lowest BCUT2D eigenvalue weighted by Crippen LogP contribution is -2.58. The van der Waals surface area contributed by atoms with E-state index >= 15 is 0 Å². The van der Waals surface area contributed by atoms with Gasteiger partial charge < -0.3 is 4.55 Å². The average molecular weight is 773 g/mol. The molecule has 2 aromatic rings. The second-order valence-corrected chi connectivity index (χ2v) is 15.4. The van der Waals surface area contributed by atoms with Crippen molar-refractivity contribution in [3.8, 4) is 11.1 Å². The standard InChI is InChI=1S/C32H39N9O10S2/c1-17(2)9-8-10-18(3)37-53(50,51)24-16-20(34-36-26-29(44)40(6)32(47)41(7)30(26)45)12-14-22(24)21-13-11-19(15-23(21)52(48)49)33-35-25-27(42)38(4)31(46)39(5)28(25)43/h11-18,25-26,37H,8-10H2,1-7H3,(H,48,49)/p-1. The van der Waals surface area contributed by atoms with Crippen molar-refractivity contribution in [1.82, 2.24) is 24.3 Å². The zero-order valence-corrected chi connectivity index (χ0v) is 31.5. The number of carbonyl (C=O) groups is 6. The Balaban J connectivity index is 1.77. The van der Waals surface area contributed by atoms with Gasteiger partial charge in [-0.1, -0.05) is 38.8 Å². The summed E-state index contributed by atoms with van der Waals surface area (Å²) in [5.41, 5.74) is -0.391. The Kier molecular flexibility index (Phi) is 12.5. The summed E-state index contributed by atoms with van der Waals surface area (Å²) in [5.74, 6) is -3.35. The monoisotopic (exact) mass is 772 g/mol. The van der Waals surface area contributed by atoms with E-state index in [2.05, 4.69) is 25.2 Å². The highest BCUT2D eigenvalue weighted by Crippen LogP contribution is 2.37. The molecule has 0 aliphatic carbocycles. The van der Waals surface area contributed by atoms with Crippen LogP contribution >= 0.6 is 0 Å². The first-order valence-electron chi connectivity index (χ1n) is 16.2. The number of amides is 8. The fourth-order valence-electron chi connectivity index (χ4n) is 5.39. The van der Waals surface area contributed by atoms with E-state index in [1.165, 1.54) is 38.4 Å². The molecular weight excluding hydrogens is 735 g/mol. The maximum Gasteiger partial charge on any atom is 0.333 e. The highest BCUT2D eigenvalue weighted by atomic mass is 32.2. The van der Waals surface area contributed by atoms with Gasteiger partial charge in [0.1, 0.15) is 0 Å². The van der Waals surface area contributed by atoms with Crippen molar-refractivity contribution < 1.29 is 45.9 Å². The van der Waals surface area contributed by atoms with E-state index in [0.29, 0.717) is 31.9 Å². The van der Waals surface area contributed by atoms with E-state index in [1.54, 1.807) is 6.92 Å². The molecule has 4 rings (SSSR count). The summed E-state index contributed by atoms with van der Waals surface area (Å²) in [5, 5.41) is 15.4. The van der Waals surface area contributed by atoms with Gasteiger partial charge in [-0.25, -0.2) is 22.7 Å². The largest absolute Gasteiger partial charge is 0.768 e. The highest BCUT2D eigenvalue weighted by Gasteiger charge is 2.44. The number of imide groups is 4.